The lowest BCUT2D eigenvalue weighted by atomic mass is 9.53. The Hall–Kier alpha value is -2.62. The van der Waals surface area contributed by atoms with E-state index >= 15 is 0 Å². The molecule has 37 heavy (non-hydrogen) atoms. The van der Waals surface area contributed by atoms with Crippen molar-refractivity contribution in [2.45, 2.75) is 69.1 Å². The van der Waals surface area contributed by atoms with E-state index in [1.807, 2.05) is 26.0 Å². The van der Waals surface area contributed by atoms with Crippen LogP contribution in [0.2, 0.25) is 0 Å². The van der Waals surface area contributed by atoms with Gasteiger partial charge in [-0.25, -0.2) is 4.79 Å². The van der Waals surface area contributed by atoms with Crippen molar-refractivity contribution in [3.8, 4) is 0 Å². The van der Waals surface area contributed by atoms with Gasteiger partial charge >= 0.3 is 5.97 Å². The van der Waals surface area contributed by atoms with Crippen LogP contribution in [0.3, 0.4) is 0 Å². The second-order valence-corrected chi connectivity index (χ2v) is 11.3. The molecule has 0 aromatic heterocycles. The van der Waals surface area contributed by atoms with E-state index in [0.29, 0.717) is 22.3 Å². The lowest BCUT2D eigenvalue weighted by Crippen LogP contribution is -2.74. The van der Waals surface area contributed by atoms with Gasteiger partial charge in [-0.3, -0.25) is 4.79 Å². The molecule has 0 radical (unpaired) electrons. The fourth-order valence-corrected chi connectivity index (χ4v) is 7.64. The summed E-state index contributed by atoms with van der Waals surface area (Å²) in [7, 11) is 0. The number of ketones is 1. The Balaban J connectivity index is 1.58. The largest absolute Gasteiger partial charge is 0.455 e. The topological polar surface area (TPSA) is 112 Å². The highest BCUT2D eigenvalue weighted by Gasteiger charge is 2.82. The number of benzene rings is 1. The number of hydrogen-bond donors (Lipinski definition) is 2. The van der Waals surface area contributed by atoms with Gasteiger partial charge in [0.25, 0.3) is 5.97 Å². The van der Waals surface area contributed by atoms with Crippen LogP contribution in [-0.4, -0.2) is 63.6 Å². The molecule has 3 aliphatic carbocycles. The van der Waals surface area contributed by atoms with Crippen LogP contribution in [0.5, 0.6) is 0 Å². The van der Waals surface area contributed by atoms with Gasteiger partial charge in [0.1, 0.15) is 17.8 Å². The Labute approximate surface area is 215 Å². The summed E-state index contributed by atoms with van der Waals surface area (Å²) in [6.07, 6.45) is 1.98. The summed E-state index contributed by atoms with van der Waals surface area (Å²) in [6.45, 7) is 10.9. The maximum absolute atomic E-state index is 13.4. The highest BCUT2D eigenvalue weighted by molar-refractivity contribution is 6.05. The van der Waals surface area contributed by atoms with Gasteiger partial charge in [0.15, 0.2) is 11.4 Å². The Morgan fingerprint density at radius 2 is 1.92 bits per heavy atom. The van der Waals surface area contributed by atoms with Crippen molar-refractivity contribution < 1.29 is 38.7 Å². The summed E-state index contributed by atoms with van der Waals surface area (Å²) < 4.78 is 25.9. The Morgan fingerprint density at radius 3 is 2.57 bits per heavy atom. The lowest BCUT2D eigenvalue weighted by molar-refractivity contribution is -0.414. The quantitative estimate of drug-likeness (QED) is 0.472. The molecule has 3 bridgehead atoms. The third-order valence-corrected chi connectivity index (χ3v) is 9.11. The fraction of sp³-hybridized carbons (Fsp3) is 0.517. The number of Topliss-reactive ketones (excluding diaryl/α,β-unsaturated/α-hetero) is 1. The number of ether oxygens (including phenoxy) is 4. The van der Waals surface area contributed by atoms with Crippen LogP contribution in [0, 0.1) is 17.8 Å². The highest BCUT2D eigenvalue weighted by Crippen LogP contribution is 2.68. The van der Waals surface area contributed by atoms with E-state index in [-0.39, 0.29) is 13.0 Å². The maximum atomic E-state index is 13.4. The van der Waals surface area contributed by atoms with Crippen LogP contribution in [0.4, 0.5) is 0 Å². The summed E-state index contributed by atoms with van der Waals surface area (Å²) in [4.78, 5) is 26.7. The predicted molar refractivity (Wildman–Crippen MR) is 131 cm³/mol. The van der Waals surface area contributed by atoms with Crippen molar-refractivity contribution in [2.24, 2.45) is 17.8 Å². The van der Waals surface area contributed by atoms with Gasteiger partial charge in [-0.15, -0.1) is 0 Å². The van der Waals surface area contributed by atoms with E-state index in [1.54, 1.807) is 44.2 Å². The first kappa shape index (κ1) is 24.7. The molecular weight excluding hydrogens is 476 g/mol. The van der Waals surface area contributed by atoms with Crippen molar-refractivity contribution in [3.05, 3.63) is 71.3 Å². The van der Waals surface area contributed by atoms with Crippen LogP contribution < -0.4 is 0 Å². The first-order chi connectivity index (χ1) is 17.4. The Kier molecular flexibility index (Phi) is 5.15. The zero-order valence-electron chi connectivity index (χ0n) is 21.4. The molecule has 1 aromatic rings. The molecular formula is C29H32O8. The summed E-state index contributed by atoms with van der Waals surface area (Å²) in [5, 5.41) is 22.2. The standard InChI is InChI=1S/C29H32O8/c1-15(2)28-23(34-25(32)19-9-7-6-8-10-19)17(4)29-20(24(28)35-26(5,36-28)37-29)12-18(14-30)13-27(33)21(29)11-16(3)22(27)31/h6-12,17,20-21,23-24,30,33H,1,13-14H2,2-5H3/t17-,20+,21-,23-,24-,26?,27-,28+,29-/m1/s1. The van der Waals surface area contributed by atoms with Gasteiger partial charge in [-0.2, -0.15) is 0 Å². The minimum absolute atomic E-state index is 0.0337. The van der Waals surface area contributed by atoms with Gasteiger partial charge in [0, 0.05) is 31.1 Å². The number of aliphatic hydroxyl groups is 2. The van der Waals surface area contributed by atoms with Gasteiger partial charge in [-0.05, 0) is 42.7 Å². The van der Waals surface area contributed by atoms with E-state index in [2.05, 4.69) is 6.58 Å². The molecule has 5 aliphatic rings. The number of esters is 1. The molecule has 1 unspecified atom stereocenters. The van der Waals surface area contributed by atoms with E-state index in [0.717, 1.165) is 0 Å². The molecule has 6 rings (SSSR count). The van der Waals surface area contributed by atoms with Crippen molar-refractivity contribution in [1.29, 1.82) is 0 Å². The highest BCUT2D eigenvalue weighted by atomic mass is 16.9. The van der Waals surface area contributed by atoms with E-state index in [1.165, 1.54) is 0 Å². The zero-order chi connectivity index (χ0) is 26.5. The Bertz CT molecular complexity index is 1270. The van der Waals surface area contributed by atoms with Crippen molar-refractivity contribution in [2.75, 3.05) is 6.61 Å². The molecule has 9 atom stereocenters. The van der Waals surface area contributed by atoms with Gasteiger partial charge < -0.3 is 29.2 Å². The van der Waals surface area contributed by atoms with Crippen LogP contribution in [-0.2, 0) is 23.7 Å². The minimum atomic E-state index is -1.83. The van der Waals surface area contributed by atoms with Crippen molar-refractivity contribution >= 4 is 11.8 Å². The van der Waals surface area contributed by atoms with Gasteiger partial charge in [0.05, 0.1) is 17.8 Å². The molecule has 0 spiro atoms. The normalized spacial score (nSPS) is 45.5. The molecule has 1 saturated carbocycles. The van der Waals surface area contributed by atoms with Gasteiger partial charge in [-0.1, -0.05) is 43.9 Å². The molecule has 2 aliphatic heterocycles. The van der Waals surface area contributed by atoms with Crippen molar-refractivity contribution in [3.63, 3.8) is 0 Å². The third kappa shape index (κ3) is 2.96. The average Bonchev–Trinajstić information content (AvgIpc) is 3.19. The number of fused-ring (bicyclic) bond motifs is 2. The van der Waals surface area contributed by atoms with E-state index < -0.39 is 64.5 Å². The van der Waals surface area contributed by atoms with Crippen molar-refractivity contribution in [1.82, 2.24) is 0 Å². The predicted octanol–water partition coefficient (Wildman–Crippen LogP) is 2.85. The van der Waals surface area contributed by atoms with Crippen LogP contribution in [0.1, 0.15) is 44.5 Å². The molecule has 2 saturated heterocycles. The summed E-state index contributed by atoms with van der Waals surface area (Å²) in [6, 6.07) is 8.68. The van der Waals surface area contributed by atoms with E-state index in [4.69, 9.17) is 18.9 Å². The van der Waals surface area contributed by atoms with Crippen LogP contribution >= 0.6 is 0 Å². The number of hydrogen-bond acceptors (Lipinski definition) is 8. The molecule has 2 heterocycles. The summed E-state index contributed by atoms with van der Waals surface area (Å²) in [5.74, 6) is -4.35. The molecule has 196 valence electrons. The minimum Gasteiger partial charge on any atom is -0.455 e. The molecule has 8 heteroatoms. The second kappa shape index (κ2) is 7.71. The average molecular weight is 509 g/mol. The first-order valence-corrected chi connectivity index (χ1v) is 12.7. The molecule has 0 amide bonds. The second-order valence-electron chi connectivity index (χ2n) is 11.3. The Morgan fingerprint density at radius 1 is 1.22 bits per heavy atom. The first-order valence-electron chi connectivity index (χ1n) is 12.7. The summed E-state index contributed by atoms with van der Waals surface area (Å²) >= 11 is 0. The molecule has 2 N–H and O–H groups in total. The number of carbonyl (C=O) groups is 2. The molecule has 8 nitrogen and oxygen atoms in total. The van der Waals surface area contributed by atoms with E-state index in [9.17, 15) is 19.8 Å². The third-order valence-electron chi connectivity index (χ3n) is 9.11. The smallest absolute Gasteiger partial charge is 0.338 e. The van der Waals surface area contributed by atoms with Gasteiger partial charge in [0.2, 0.25) is 0 Å². The maximum Gasteiger partial charge on any atom is 0.338 e. The summed E-state index contributed by atoms with van der Waals surface area (Å²) in [5.41, 5.74) is -2.40. The molecule has 3 fully saturated rings. The lowest BCUT2D eigenvalue weighted by Gasteiger charge is -2.60. The monoisotopic (exact) mass is 508 g/mol. The number of rotatable bonds is 4. The molecule has 1 aromatic carbocycles. The van der Waals surface area contributed by atoms with Crippen LogP contribution in [0.15, 0.2) is 65.8 Å². The zero-order valence-corrected chi connectivity index (χ0v) is 21.4. The number of carbonyl (C=O) groups excluding carboxylic acids is 2. The fourth-order valence-electron chi connectivity index (χ4n) is 7.64. The number of aliphatic hydroxyl groups excluding tert-OH is 1. The SMILES string of the molecule is C=C(C)[C@@]12OC3(C)O[C@@H]1[C@@H]1C=C(CO)C[C@]4(O)C(=O)C(C)=C[C@H]4[C@@]1(O3)[C@H](C)[C@H]2OC(=O)c1ccccc1. The van der Waals surface area contributed by atoms with Crippen LogP contribution in [0.25, 0.3) is 0 Å².